The van der Waals surface area contributed by atoms with Gasteiger partial charge in [0.25, 0.3) is 0 Å². The van der Waals surface area contributed by atoms with Crippen molar-refractivity contribution in [3.05, 3.63) is 60.0 Å². The second-order valence-electron chi connectivity index (χ2n) is 5.73. The molecular weight excluding hydrogens is 328 g/mol. The Morgan fingerprint density at radius 2 is 1.96 bits per heavy atom. The Hall–Kier alpha value is -3.09. The lowest BCUT2D eigenvalue weighted by Crippen LogP contribution is -2.38. The highest BCUT2D eigenvalue weighted by Crippen LogP contribution is 2.17. The summed E-state index contributed by atoms with van der Waals surface area (Å²) in [5.41, 5.74) is 1.99. The third kappa shape index (κ3) is 4.30. The molecule has 0 unspecified atom stereocenters. The molecule has 0 amide bonds. The fourth-order valence-electron chi connectivity index (χ4n) is 2.72. The maximum absolute atomic E-state index is 5.40. The summed E-state index contributed by atoms with van der Waals surface area (Å²) >= 11 is 0. The smallest absolute Gasteiger partial charge is 0.191 e. The minimum Gasteiger partial charge on any atom is -0.496 e. The van der Waals surface area contributed by atoms with Crippen LogP contribution in [0, 0.1) is 0 Å². The molecule has 3 aromatic rings. The van der Waals surface area contributed by atoms with Crippen molar-refractivity contribution in [3.63, 3.8) is 0 Å². The van der Waals surface area contributed by atoms with Gasteiger partial charge in [-0.25, -0.2) is 4.99 Å². The molecule has 2 heterocycles. The molecule has 0 spiro atoms. The maximum atomic E-state index is 5.40. The van der Waals surface area contributed by atoms with E-state index in [0.717, 1.165) is 42.7 Å². The van der Waals surface area contributed by atoms with Gasteiger partial charge in [0.2, 0.25) is 0 Å². The van der Waals surface area contributed by atoms with Crippen molar-refractivity contribution in [2.24, 2.45) is 4.99 Å². The minimum absolute atomic E-state index is 0.454. The number of nitrogens with zero attached hydrogens (tertiary/aromatic N) is 4. The Bertz CT molecular complexity index is 873. The third-order valence-electron chi connectivity index (χ3n) is 3.99. The van der Waals surface area contributed by atoms with Gasteiger partial charge in [-0.1, -0.05) is 24.3 Å². The van der Waals surface area contributed by atoms with Gasteiger partial charge in [0, 0.05) is 19.3 Å². The van der Waals surface area contributed by atoms with E-state index < -0.39 is 0 Å². The second kappa shape index (κ2) is 8.84. The molecule has 0 saturated carbocycles. The van der Waals surface area contributed by atoms with Crippen LogP contribution in [0.15, 0.2) is 53.7 Å². The molecule has 0 aliphatic heterocycles. The van der Waals surface area contributed by atoms with Gasteiger partial charge in [-0.05, 0) is 37.1 Å². The van der Waals surface area contributed by atoms with E-state index in [4.69, 9.17) is 4.74 Å². The van der Waals surface area contributed by atoms with Crippen molar-refractivity contribution in [1.29, 1.82) is 0 Å². The van der Waals surface area contributed by atoms with Crippen molar-refractivity contribution in [2.75, 3.05) is 20.2 Å². The van der Waals surface area contributed by atoms with Crippen LogP contribution in [0.2, 0.25) is 0 Å². The molecule has 7 heteroatoms. The van der Waals surface area contributed by atoms with Crippen molar-refractivity contribution < 1.29 is 4.74 Å². The molecule has 0 saturated heterocycles. The first-order valence-electron chi connectivity index (χ1n) is 8.74. The van der Waals surface area contributed by atoms with Crippen LogP contribution in [-0.4, -0.2) is 40.8 Å². The molecule has 7 nitrogen and oxygen atoms in total. The van der Waals surface area contributed by atoms with Crippen molar-refractivity contribution in [3.8, 4) is 5.75 Å². The van der Waals surface area contributed by atoms with Crippen LogP contribution in [0.3, 0.4) is 0 Å². The lowest BCUT2D eigenvalue weighted by Gasteiger charge is -2.12. The van der Waals surface area contributed by atoms with E-state index in [-0.39, 0.29) is 0 Å². The largest absolute Gasteiger partial charge is 0.496 e. The number of hydrogen-bond donors (Lipinski definition) is 2. The minimum atomic E-state index is 0.454. The van der Waals surface area contributed by atoms with Crippen molar-refractivity contribution in [1.82, 2.24) is 25.2 Å². The molecule has 0 aliphatic carbocycles. The molecule has 2 N–H and O–H groups in total. The van der Waals surface area contributed by atoms with Gasteiger partial charge in [-0.15, -0.1) is 10.2 Å². The number of rotatable bonds is 7. The highest BCUT2D eigenvalue weighted by atomic mass is 16.5. The maximum Gasteiger partial charge on any atom is 0.191 e. The normalized spacial score (nSPS) is 11.5. The van der Waals surface area contributed by atoms with Gasteiger partial charge in [0.15, 0.2) is 17.4 Å². The number of methoxy groups -OCH3 is 1. The zero-order chi connectivity index (χ0) is 18.2. The third-order valence-corrected chi connectivity index (χ3v) is 3.99. The number of hydrogen-bond acceptors (Lipinski definition) is 4. The Kier molecular flexibility index (Phi) is 6.03. The van der Waals surface area contributed by atoms with Crippen LogP contribution in [0.5, 0.6) is 5.75 Å². The summed E-state index contributed by atoms with van der Waals surface area (Å²) in [5, 5.41) is 15.0. The van der Waals surface area contributed by atoms with Crippen LogP contribution >= 0.6 is 0 Å². The number of para-hydroxylation sites is 1. The van der Waals surface area contributed by atoms with E-state index in [1.165, 1.54) is 5.56 Å². The predicted molar refractivity (Wildman–Crippen MR) is 103 cm³/mol. The fraction of sp³-hybridized carbons (Fsp3) is 0.316. The molecule has 0 aliphatic rings. The second-order valence-corrected chi connectivity index (χ2v) is 5.73. The topological polar surface area (TPSA) is 75.8 Å². The SMILES string of the molecule is CCNC(=NCc1nnc2ccccn12)NCCc1ccccc1OC. The Balaban J connectivity index is 1.62. The number of nitrogens with one attached hydrogen (secondary N) is 2. The summed E-state index contributed by atoms with van der Waals surface area (Å²) in [6.07, 6.45) is 2.80. The van der Waals surface area contributed by atoms with E-state index in [1.54, 1.807) is 7.11 Å². The molecule has 26 heavy (non-hydrogen) atoms. The van der Waals surface area contributed by atoms with Crippen LogP contribution in [-0.2, 0) is 13.0 Å². The van der Waals surface area contributed by atoms with Gasteiger partial charge in [-0.3, -0.25) is 4.40 Å². The van der Waals surface area contributed by atoms with Crippen LogP contribution in [0.25, 0.3) is 5.65 Å². The monoisotopic (exact) mass is 352 g/mol. The van der Waals surface area contributed by atoms with Gasteiger partial charge in [0.1, 0.15) is 12.3 Å². The quantitative estimate of drug-likeness (QED) is 0.503. The summed E-state index contributed by atoms with van der Waals surface area (Å²) < 4.78 is 7.34. The average molecular weight is 352 g/mol. The Morgan fingerprint density at radius 3 is 2.81 bits per heavy atom. The summed E-state index contributed by atoms with van der Waals surface area (Å²) in [6, 6.07) is 13.9. The summed E-state index contributed by atoms with van der Waals surface area (Å²) in [6.45, 7) is 4.05. The summed E-state index contributed by atoms with van der Waals surface area (Å²) in [4.78, 5) is 4.62. The Morgan fingerprint density at radius 1 is 1.12 bits per heavy atom. The highest BCUT2D eigenvalue weighted by Gasteiger charge is 2.05. The van der Waals surface area contributed by atoms with Crippen LogP contribution in [0.4, 0.5) is 0 Å². The van der Waals surface area contributed by atoms with Crippen LogP contribution in [0.1, 0.15) is 18.3 Å². The average Bonchev–Trinajstić information content (AvgIpc) is 3.09. The fourth-order valence-corrected chi connectivity index (χ4v) is 2.72. The van der Waals surface area contributed by atoms with Crippen molar-refractivity contribution >= 4 is 11.6 Å². The van der Waals surface area contributed by atoms with E-state index in [2.05, 4.69) is 31.9 Å². The van der Waals surface area contributed by atoms with Gasteiger partial charge >= 0.3 is 0 Å². The van der Waals surface area contributed by atoms with Crippen LogP contribution < -0.4 is 15.4 Å². The number of guanidine groups is 1. The number of ether oxygens (including phenoxy) is 1. The molecule has 0 atom stereocenters. The molecule has 0 bridgehead atoms. The predicted octanol–water partition coefficient (Wildman–Crippen LogP) is 2.04. The molecule has 136 valence electrons. The van der Waals surface area contributed by atoms with E-state index in [1.807, 2.05) is 53.9 Å². The zero-order valence-corrected chi connectivity index (χ0v) is 15.1. The summed E-state index contributed by atoms with van der Waals surface area (Å²) in [5.74, 6) is 2.48. The van der Waals surface area contributed by atoms with Gasteiger partial charge < -0.3 is 15.4 Å². The van der Waals surface area contributed by atoms with E-state index in [9.17, 15) is 0 Å². The standard InChI is InChI=1S/C19H24N6O/c1-3-20-19(21-12-11-15-8-4-5-9-16(15)26-2)22-14-18-24-23-17-10-6-7-13-25(17)18/h4-10,13H,3,11-12,14H2,1-2H3,(H2,20,21,22). The Labute approximate surface area is 153 Å². The van der Waals surface area contributed by atoms with Crippen molar-refractivity contribution in [2.45, 2.75) is 19.9 Å². The first kappa shape index (κ1) is 17.7. The number of aromatic nitrogens is 3. The van der Waals surface area contributed by atoms with Gasteiger partial charge in [0.05, 0.1) is 7.11 Å². The lowest BCUT2D eigenvalue weighted by atomic mass is 10.1. The molecular formula is C19H24N6O. The molecule has 1 aromatic carbocycles. The first-order chi connectivity index (χ1) is 12.8. The highest BCUT2D eigenvalue weighted by molar-refractivity contribution is 5.79. The number of pyridine rings is 1. The number of benzene rings is 1. The van der Waals surface area contributed by atoms with Gasteiger partial charge in [-0.2, -0.15) is 0 Å². The first-order valence-corrected chi connectivity index (χ1v) is 8.74. The number of aliphatic imine (C=N–C) groups is 1. The molecule has 3 rings (SSSR count). The zero-order valence-electron chi connectivity index (χ0n) is 15.1. The molecule has 0 fully saturated rings. The lowest BCUT2D eigenvalue weighted by molar-refractivity contribution is 0.409. The van der Waals surface area contributed by atoms with E-state index in [0.29, 0.717) is 6.54 Å². The molecule has 2 aromatic heterocycles. The van der Waals surface area contributed by atoms with E-state index >= 15 is 0 Å². The summed E-state index contributed by atoms with van der Waals surface area (Å²) in [7, 11) is 1.70. The molecule has 0 radical (unpaired) electrons. The number of fused-ring (bicyclic) bond motifs is 1.